The summed E-state index contributed by atoms with van der Waals surface area (Å²) in [6, 6.07) is 7.57. The Morgan fingerprint density at radius 3 is 2.80 bits per heavy atom. The van der Waals surface area contributed by atoms with Crippen LogP contribution in [0, 0.1) is 0 Å². The van der Waals surface area contributed by atoms with E-state index in [4.69, 9.17) is 4.74 Å². The normalized spacial score (nSPS) is 16.6. The SMILES string of the molecule is CC(C)Oc1cccc(CC(=O)NCC2(O)CCC2)c1. The van der Waals surface area contributed by atoms with Crippen molar-refractivity contribution in [3.63, 3.8) is 0 Å². The van der Waals surface area contributed by atoms with Crippen molar-refractivity contribution in [3.8, 4) is 5.75 Å². The first kappa shape index (κ1) is 14.9. The monoisotopic (exact) mass is 277 g/mol. The number of carbonyl (C=O) groups is 1. The molecule has 1 aliphatic carbocycles. The first-order valence-corrected chi connectivity index (χ1v) is 7.21. The van der Waals surface area contributed by atoms with Gasteiger partial charge >= 0.3 is 0 Å². The second kappa shape index (κ2) is 6.27. The highest BCUT2D eigenvalue weighted by Gasteiger charge is 2.34. The molecule has 0 radical (unpaired) electrons. The highest BCUT2D eigenvalue weighted by molar-refractivity contribution is 5.78. The zero-order valence-electron chi connectivity index (χ0n) is 12.2. The maximum Gasteiger partial charge on any atom is 0.224 e. The number of aliphatic hydroxyl groups is 1. The van der Waals surface area contributed by atoms with Crippen LogP contribution < -0.4 is 10.1 Å². The Morgan fingerprint density at radius 2 is 2.20 bits per heavy atom. The lowest BCUT2D eigenvalue weighted by molar-refractivity contribution is -0.122. The van der Waals surface area contributed by atoms with Gasteiger partial charge < -0.3 is 15.2 Å². The van der Waals surface area contributed by atoms with Crippen molar-refractivity contribution < 1.29 is 14.6 Å². The molecule has 1 saturated carbocycles. The van der Waals surface area contributed by atoms with Crippen LogP contribution in [-0.2, 0) is 11.2 Å². The van der Waals surface area contributed by atoms with Gasteiger partial charge in [0.25, 0.3) is 0 Å². The maximum absolute atomic E-state index is 11.9. The van der Waals surface area contributed by atoms with Crippen molar-refractivity contribution in [2.75, 3.05) is 6.54 Å². The zero-order chi connectivity index (χ0) is 14.6. The minimum Gasteiger partial charge on any atom is -0.491 e. The average molecular weight is 277 g/mol. The van der Waals surface area contributed by atoms with Gasteiger partial charge in [-0.3, -0.25) is 4.79 Å². The van der Waals surface area contributed by atoms with Gasteiger partial charge in [0.15, 0.2) is 0 Å². The molecule has 1 amide bonds. The predicted molar refractivity (Wildman–Crippen MR) is 77.7 cm³/mol. The summed E-state index contributed by atoms with van der Waals surface area (Å²) in [4.78, 5) is 11.9. The summed E-state index contributed by atoms with van der Waals surface area (Å²) >= 11 is 0. The fourth-order valence-corrected chi connectivity index (χ4v) is 2.27. The Balaban J connectivity index is 1.84. The summed E-state index contributed by atoms with van der Waals surface area (Å²) in [5.41, 5.74) is 0.249. The Bertz CT molecular complexity index is 467. The molecule has 20 heavy (non-hydrogen) atoms. The van der Waals surface area contributed by atoms with Crippen LogP contribution >= 0.6 is 0 Å². The third-order valence-corrected chi connectivity index (χ3v) is 3.53. The van der Waals surface area contributed by atoms with Gasteiger partial charge in [-0.2, -0.15) is 0 Å². The molecule has 1 aromatic carbocycles. The van der Waals surface area contributed by atoms with E-state index in [-0.39, 0.29) is 12.0 Å². The summed E-state index contributed by atoms with van der Waals surface area (Å²) in [7, 11) is 0. The molecule has 0 unspecified atom stereocenters. The van der Waals surface area contributed by atoms with E-state index in [1.54, 1.807) is 0 Å². The molecule has 0 aromatic heterocycles. The first-order chi connectivity index (χ1) is 9.47. The van der Waals surface area contributed by atoms with Crippen LogP contribution in [-0.4, -0.2) is 29.3 Å². The van der Waals surface area contributed by atoms with E-state index in [1.165, 1.54) is 0 Å². The fourth-order valence-electron chi connectivity index (χ4n) is 2.27. The van der Waals surface area contributed by atoms with Crippen molar-refractivity contribution in [2.45, 2.75) is 51.2 Å². The molecule has 1 aromatic rings. The van der Waals surface area contributed by atoms with Crippen LogP contribution in [0.1, 0.15) is 38.7 Å². The van der Waals surface area contributed by atoms with Crippen molar-refractivity contribution in [1.82, 2.24) is 5.32 Å². The van der Waals surface area contributed by atoms with E-state index >= 15 is 0 Å². The molecule has 0 atom stereocenters. The smallest absolute Gasteiger partial charge is 0.224 e. The van der Waals surface area contributed by atoms with Gasteiger partial charge in [-0.15, -0.1) is 0 Å². The third-order valence-electron chi connectivity index (χ3n) is 3.53. The number of benzene rings is 1. The molecule has 4 nitrogen and oxygen atoms in total. The average Bonchev–Trinajstić information content (AvgIpc) is 2.33. The van der Waals surface area contributed by atoms with E-state index in [0.29, 0.717) is 13.0 Å². The molecule has 1 aliphatic rings. The lowest BCUT2D eigenvalue weighted by atomic mass is 9.80. The van der Waals surface area contributed by atoms with E-state index in [1.807, 2.05) is 38.1 Å². The molecule has 0 heterocycles. The van der Waals surface area contributed by atoms with Gasteiger partial charge in [-0.25, -0.2) is 0 Å². The number of hydrogen-bond acceptors (Lipinski definition) is 3. The van der Waals surface area contributed by atoms with E-state index in [9.17, 15) is 9.90 Å². The number of nitrogens with one attached hydrogen (secondary N) is 1. The lowest BCUT2D eigenvalue weighted by Crippen LogP contribution is -2.48. The Labute approximate surface area is 120 Å². The van der Waals surface area contributed by atoms with Crippen molar-refractivity contribution in [2.24, 2.45) is 0 Å². The van der Waals surface area contributed by atoms with E-state index in [2.05, 4.69) is 5.32 Å². The Morgan fingerprint density at radius 1 is 1.45 bits per heavy atom. The first-order valence-electron chi connectivity index (χ1n) is 7.21. The number of amides is 1. The second-order valence-electron chi connectivity index (χ2n) is 5.85. The van der Waals surface area contributed by atoms with Crippen molar-refractivity contribution >= 4 is 5.91 Å². The van der Waals surface area contributed by atoms with Crippen LogP contribution in [0.5, 0.6) is 5.75 Å². The number of rotatable bonds is 6. The van der Waals surface area contributed by atoms with Crippen LogP contribution in [0.3, 0.4) is 0 Å². The number of hydrogen-bond donors (Lipinski definition) is 2. The Kier molecular flexibility index (Phi) is 4.65. The van der Waals surface area contributed by atoms with Crippen molar-refractivity contribution in [1.29, 1.82) is 0 Å². The van der Waals surface area contributed by atoms with Crippen LogP contribution in [0.15, 0.2) is 24.3 Å². The number of carbonyl (C=O) groups excluding carboxylic acids is 1. The number of ether oxygens (including phenoxy) is 1. The molecular formula is C16H23NO3. The maximum atomic E-state index is 11.9. The van der Waals surface area contributed by atoms with Crippen LogP contribution in [0.4, 0.5) is 0 Å². The predicted octanol–water partition coefficient (Wildman–Crippen LogP) is 2.05. The van der Waals surface area contributed by atoms with Gasteiger partial charge in [0.2, 0.25) is 5.91 Å². The van der Waals surface area contributed by atoms with Gasteiger partial charge in [0.1, 0.15) is 5.75 Å². The third kappa shape index (κ3) is 4.23. The molecule has 2 N–H and O–H groups in total. The summed E-state index contributed by atoms with van der Waals surface area (Å²) < 4.78 is 5.61. The van der Waals surface area contributed by atoms with Crippen LogP contribution in [0.2, 0.25) is 0 Å². The summed E-state index contributed by atoms with van der Waals surface area (Å²) in [5.74, 6) is 0.718. The Hall–Kier alpha value is -1.55. The minimum absolute atomic E-state index is 0.0629. The summed E-state index contributed by atoms with van der Waals surface area (Å²) in [6.45, 7) is 4.30. The standard InChI is InChI=1S/C16H23NO3/c1-12(2)20-14-6-3-5-13(9-14)10-15(18)17-11-16(19)7-4-8-16/h3,5-6,9,12,19H,4,7-8,10-11H2,1-2H3,(H,17,18). The zero-order valence-corrected chi connectivity index (χ0v) is 12.2. The second-order valence-corrected chi connectivity index (χ2v) is 5.85. The van der Waals surface area contributed by atoms with E-state index in [0.717, 1.165) is 30.6 Å². The fraction of sp³-hybridized carbons (Fsp3) is 0.562. The van der Waals surface area contributed by atoms with Gasteiger partial charge in [0.05, 0.1) is 18.1 Å². The molecule has 0 spiro atoms. The lowest BCUT2D eigenvalue weighted by Gasteiger charge is -2.36. The topological polar surface area (TPSA) is 58.6 Å². The van der Waals surface area contributed by atoms with Gasteiger partial charge in [-0.1, -0.05) is 12.1 Å². The van der Waals surface area contributed by atoms with Crippen LogP contribution in [0.25, 0.3) is 0 Å². The largest absolute Gasteiger partial charge is 0.491 e. The minimum atomic E-state index is -0.668. The highest BCUT2D eigenvalue weighted by Crippen LogP contribution is 2.30. The molecule has 0 bridgehead atoms. The molecule has 2 rings (SSSR count). The van der Waals surface area contributed by atoms with E-state index < -0.39 is 5.60 Å². The molecule has 4 heteroatoms. The van der Waals surface area contributed by atoms with Crippen molar-refractivity contribution in [3.05, 3.63) is 29.8 Å². The summed E-state index contributed by atoms with van der Waals surface area (Å²) in [5, 5.41) is 12.7. The molecule has 0 aliphatic heterocycles. The molecule has 1 fully saturated rings. The quantitative estimate of drug-likeness (QED) is 0.836. The van der Waals surface area contributed by atoms with Gasteiger partial charge in [0, 0.05) is 6.54 Å². The molecule has 110 valence electrons. The molecule has 0 saturated heterocycles. The summed E-state index contributed by atoms with van der Waals surface area (Å²) in [6.07, 6.45) is 3.04. The molecular weight excluding hydrogens is 254 g/mol. The van der Waals surface area contributed by atoms with Gasteiger partial charge in [-0.05, 0) is 50.8 Å². The highest BCUT2D eigenvalue weighted by atomic mass is 16.5.